The number of nitrogens with zero attached hydrogens (tertiary/aromatic N) is 3. The van der Waals surface area contributed by atoms with E-state index in [1.165, 1.54) is 12.5 Å². The van der Waals surface area contributed by atoms with E-state index in [2.05, 4.69) is 14.7 Å². The third kappa shape index (κ3) is 4.31. The molecule has 8 nitrogen and oxygen atoms in total. The largest absolute Gasteiger partial charge is 0.377 e. The predicted octanol–water partition coefficient (Wildman–Crippen LogP) is 1.44. The van der Waals surface area contributed by atoms with Crippen LogP contribution >= 0.6 is 0 Å². The molecule has 0 aliphatic carbocycles. The number of hydrogen-bond donors (Lipinski definition) is 1. The Morgan fingerprint density at radius 2 is 2.21 bits per heavy atom. The van der Waals surface area contributed by atoms with Crippen molar-refractivity contribution in [1.82, 2.24) is 19.6 Å². The molecule has 0 unspecified atom stereocenters. The Kier molecular flexibility index (Phi) is 5.62. The van der Waals surface area contributed by atoms with Gasteiger partial charge in [-0.3, -0.25) is 4.79 Å². The second-order valence-corrected chi connectivity index (χ2v) is 9.18. The van der Waals surface area contributed by atoms with E-state index < -0.39 is 10.0 Å². The summed E-state index contributed by atoms with van der Waals surface area (Å²) in [7, 11) is -3.63. The number of carbonyl (C=O) groups excluding carboxylic acids is 1. The van der Waals surface area contributed by atoms with Crippen LogP contribution in [0.25, 0.3) is 0 Å². The Morgan fingerprint density at radius 3 is 2.97 bits per heavy atom. The zero-order valence-electron chi connectivity index (χ0n) is 16.3. The first-order valence-electron chi connectivity index (χ1n) is 9.73. The summed E-state index contributed by atoms with van der Waals surface area (Å²) in [5, 5.41) is 0. The molecule has 4 rings (SSSR count). The summed E-state index contributed by atoms with van der Waals surface area (Å²) in [6.07, 6.45) is 5.38. The summed E-state index contributed by atoms with van der Waals surface area (Å²) >= 11 is 0. The molecule has 29 heavy (non-hydrogen) atoms. The number of benzene rings is 1. The highest BCUT2D eigenvalue weighted by atomic mass is 32.2. The van der Waals surface area contributed by atoms with E-state index in [-0.39, 0.29) is 23.5 Å². The molecule has 1 saturated heterocycles. The monoisotopic (exact) mass is 416 g/mol. The van der Waals surface area contributed by atoms with E-state index in [1.807, 2.05) is 6.07 Å². The van der Waals surface area contributed by atoms with Crippen LogP contribution in [0.2, 0.25) is 0 Å². The highest BCUT2D eigenvalue weighted by Gasteiger charge is 2.26. The average Bonchev–Trinajstić information content (AvgIpc) is 3.25. The van der Waals surface area contributed by atoms with Gasteiger partial charge >= 0.3 is 0 Å². The van der Waals surface area contributed by atoms with Gasteiger partial charge in [-0.05, 0) is 49.4 Å². The van der Waals surface area contributed by atoms with Crippen LogP contribution in [-0.4, -0.2) is 55.0 Å². The van der Waals surface area contributed by atoms with Crippen molar-refractivity contribution in [1.29, 1.82) is 0 Å². The van der Waals surface area contributed by atoms with Gasteiger partial charge in [-0.1, -0.05) is 6.07 Å². The lowest BCUT2D eigenvalue weighted by Gasteiger charge is -2.29. The van der Waals surface area contributed by atoms with Crippen molar-refractivity contribution < 1.29 is 17.9 Å². The summed E-state index contributed by atoms with van der Waals surface area (Å²) < 4.78 is 33.5. The fourth-order valence-corrected chi connectivity index (χ4v) is 4.85. The number of aryl methyl sites for hydroxylation is 1. The summed E-state index contributed by atoms with van der Waals surface area (Å²) in [5.41, 5.74) is 3.01. The lowest BCUT2D eigenvalue weighted by atomic mass is 9.99. The Balaban J connectivity index is 1.50. The van der Waals surface area contributed by atoms with E-state index in [9.17, 15) is 13.2 Å². The maximum Gasteiger partial charge on any atom is 0.257 e. The minimum Gasteiger partial charge on any atom is -0.377 e. The molecule has 2 aliphatic rings. The van der Waals surface area contributed by atoms with Crippen molar-refractivity contribution in [3.05, 3.63) is 53.1 Å². The predicted molar refractivity (Wildman–Crippen MR) is 106 cm³/mol. The summed E-state index contributed by atoms with van der Waals surface area (Å²) in [6.45, 7) is 3.66. The molecule has 154 valence electrons. The molecular formula is C20H24N4O4S. The summed E-state index contributed by atoms with van der Waals surface area (Å²) in [4.78, 5) is 22.8. The molecule has 1 aromatic carbocycles. The molecule has 0 bridgehead atoms. The summed E-state index contributed by atoms with van der Waals surface area (Å²) in [5.74, 6) is -0.140. The third-order valence-corrected chi connectivity index (χ3v) is 6.88. The number of amides is 1. The van der Waals surface area contributed by atoms with Gasteiger partial charge in [0.05, 0.1) is 22.3 Å². The van der Waals surface area contributed by atoms with Gasteiger partial charge in [0.25, 0.3) is 5.91 Å². The van der Waals surface area contributed by atoms with E-state index in [4.69, 9.17) is 4.74 Å². The number of nitrogens with one attached hydrogen (secondary N) is 1. The van der Waals surface area contributed by atoms with Gasteiger partial charge in [0, 0.05) is 32.4 Å². The molecule has 1 fully saturated rings. The van der Waals surface area contributed by atoms with Gasteiger partial charge in [0.2, 0.25) is 10.0 Å². The smallest absolute Gasteiger partial charge is 0.257 e. The summed E-state index contributed by atoms with van der Waals surface area (Å²) in [6, 6.07) is 5.14. The molecule has 0 radical (unpaired) electrons. The number of fused-ring (bicyclic) bond motifs is 1. The highest BCUT2D eigenvalue weighted by Crippen LogP contribution is 2.24. The Hall–Kier alpha value is -2.36. The zero-order chi connectivity index (χ0) is 20.4. The molecule has 1 atom stereocenters. The number of ether oxygens (including phenoxy) is 1. The SMILES string of the molecule is Cc1ncncc1C(=O)N1CCc2ccc(S(=O)(=O)NC[C@H]3CCCO3)cc2C1. The van der Waals surface area contributed by atoms with Crippen molar-refractivity contribution in [3.8, 4) is 0 Å². The van der Waals surface area contributed by atoms with Crippen molar-refractivity contribution in [2.75, 3.05) is 19.7 Å². The molecule has 1 amide bonds. The standard InChI is InChI=1S/C20H24N4O4S/c1-14-19(11-21-13-22-14)20(25)24-7-6-15-4-5-18(9-16(15)12-24)29(26,27)23-10-17-3-2-8-28-17/h4-5,9,11,13,17,23H,2-3,6-8,10,12H2,1H3/t17-/m1/s1. The normalized spacial score (nSPS) is 19.2. The molecule has 3 heterocycles. The second-order valence-electron chi connectivity index (χ2n) is 7.42. The first-order chi connectivity index (χ1) is 13.9. The van der Waals surface area contributed by atoms with Gasteiger partial charge in [0.15, 0.2) is 0 Å². The fourth-order valence-electron chi connectivity index (χ4n) is 3.74. The van der Waals surface area contributed by atoms with Crippen LogP contribution in [0.4, 0.5) is 0 Å². The van der Waals surface area contributed by atoms with Crippen molar-refractivity contribution in [3.63, 3.8) is 0 Å². The van der Waals surface area contributed by atoms with Crippen LogP contribution in [0.15, 0.2) is 35.6 Å². The number of aromatic nitrogens is 2. The van der Waals surface area contributed by atoms with E-state index in [1.54, 1.807) is 24.0 Å². The quantitative estimate of drug-likeness (QED) is 0.791. The minimum absolute atomic E-state index is 0.0631. The van der Waals surface area contributed by atoms with Gasteiger partial charge in [0.1, 0.15) is 6.33 Å². The Bertz CT molecular complexity index is 1020. The molecule has 2 aromatic rings. The van der Waals surface area contributed by atoms with Gasteiger partial charge in [-0.25, -0.2) is 23.1 Å². The number of carbonyl (C=O) groups is 1. The maximum absolute atomic E-state index is 12.9. The van der Waals surface area contributed by atoms with Crippen LogP contribution in [0.1, 0.15) is 40.0 Å². The third-order valence-electron chi connectivity index (χ3n) is 5.45. The van der Waals surface area contributed by atoms with Crippen LogP contribution in [0, 0.1) is 6.92 Å². The average molecular weight is 417 g/mol. The molecule has 2 aliphatic heterocycles. The van der Waals surface area contributed by atoms with Crippen molar-refractivity contribution >= 4 is 15.9 Å². The maximum atomic E-state index is 12.9. The molecular weight excluding hydrogens is 392 g/mol. The molecule has 0 saturated carbocycles. The fraction of sp³-hybridized carbons (Fsp3) is 0.450. The number of hydrogen-bond acceptors (Lipinski definition) is 6. The number of rotatable bonds is 5. The lowest BCUT2D eigenvalue weighted by Crippen LogP contribution is -2.37. The van der Waals surface area contributed by atoms with Crippen LogP contribution in [0.5, 0.6) is 0 Å². The Morgan fingerprint density at radius 1 is 1.34 bits per heavy atom. The lowest BCUT2D eigenvalue weighted by molar-refractivity contribution is 0.0733. The molecule has 1 N–H and O–H groups in total. The highest BCUT2D eigenvalue weighted by molar-refractivity contribution is 7.89. The minimum atomic E-state index is -3.63. The van der Waals surface area contributed by atoms with Gasteiger partial charge in [-0.15, -0.1) is 0 Å². The molecule has 9 heteroatoms. The van der Waals surface area contributed by atoms with Crippen LogP contribution < -0.4 is 4.72 Å². The Labute approximate surface area is 170 Å². The molecule has 1 aromatic heterocycles. The van der Waals surface area contributed by atoms with E-state index in [0.717, 1.165) is 24.0 Å². The number of sulfonamides is 1. The second kappa shape index (κ2) is 8.17. The first-order valence-corrected chi connectivity index (χ1v) is 11.2. The van der Waals surface area contributed by atoms with Crippen molar-refractivity contribution in [2.45, 2.75) is 43.7 Å². The van der Waals surface area contributed by atoms with Gasteiger partial charge in [-0.2, -0.15) is 0 Å². The molecule has 0 spiro atoms. The van der Waals surface area contributed by atoms with Gasteiger partial charge < -0.3 is 9.64 Å². The zero-order valence-corrected chi connectivity index (χ0v) is 17.1. The van der Waals surface area contributed by atoms with Crippen molar-refractivity contribution in [2.24, 2.45) is 0 Å². The van der Waals surface area contributed by atoms with Crippen LogP contribution in [-0.2, 0) is 27.7 Å². The van der Waals surface area contributed by atoms with Crippen LogP contribution in [0.3, 0.4) is 0 Å². The topological polar surface area (TPSA) is 101 Å². The first kappa shape index (κ1) is 19.9. The van der Waals surface area contributed by atoms with E-state index in [0.29, 0.717) is 37.4 Å². The van der Waals surface area contributed by atoms with E-state index >= 15 is 0 Å².